The van der Waals surface area contributed by atoms with Crippen LogP contribution in [-0.2, 0) is 14.3 Å². The zero-order valence-electron chi connectivity index (χ0n) is 8.93. The van der Waals surface area contributed by atoms with Crippen LogP contribution in [0.2, 0.25) is 0 Å². The number of cyclic esters (lactones) is 1. The summed E-state index contributed by atoms with van der Waals surface area (Å²) in [5.41, 5.74) is 0.450. The zero-order valence-corrected chi connectivity index (χ0v) is 8.93. The van der Waals surface area contributed by atoms with Crippen LogP contribution >= 0.6 is 0 Å². The molecule has 1 atom stereocenters. The lowest BCUT2D eigenvalue weighted by Gasteiger charge is -2.15. The molecule has 5 nitrogen and oxygen atoms in total. The maximum absolute atomic E-state index is 11.5. The third kappa shape index (κ3) is 1.81. The molecule has 2 rings (SSSR count). The van der Waals surface area contributed by atoms with Crippen molar-refractivity contribution in [2.45, 2.75) is 25.7 Å². The van der Waals surface area contributed by atoms with Crippen LogP contribution in [0, 0.1) is 0 Å². The van der Waals surface area contributed by atoms with Gasteiger partial charge in [0.1, 0.15) is 0 Å². The van der Waals surface area contributed by atoms with Crippen LogP contribution in [0.15, 0.2) is 18.2 Å². The number of phenols is 2. The summed E-state index contributed by atoms with van der Waals surface area (Å²) >= 11 is 0. The van der Waals surface area contributed by atoms with Gasteiger partial charge >= 0.3 is 5.97 Å². The van der Waals surface area contributed by atoms with Crippen LogP contribution in [0.4, 0.5) is 0 Å². The van der Waals surface area contributed by atoms with Crippen molar-refractivity contribution >= 4 is 5.97 Å². The molecular formula is C11H12O5. The van der Waals surface area contributed by atoms with E-state index in [0.29, 0.717) is 5.56 Å². The topological polar surface area (TPSA) is 76.0 Å². The number of hydrogen-bond acceptors (Lipinski definition) is 5. The Hall–Kier alpha value is -1.75. The number of aromatic hydroxyl groups is 2. The second-order valence-corrected chi connectivity index (χ2v) is 4.07. The largest absolute Gasteiger partial charge is 0.504 e. The Morgan fingerprint density at radius 1 is 1.25 bits per heavy atom. The van der Waals surface area contributed by atoms with Crippen molar-refractivity contribution in [2.24, 2.45) is 0 Å². The predicted molar refractivity (Wildman–Crippen MR) is 53.8 cm³/mol. The lowest BCUT2D eigenvalue weighted by atomic mass is 10.1. The van der Waals surface area contributed by atoms with Gasteiger partial charge < -0.3 is 19.7 Å². The van der Waals surface area contributed by atoms with Crippen molar-refractivity contribution in [1.29, 1.82) is 0 Å². The van der Waals surface area contributed by atoms with E-state index < -0.39 is 17.9 Å². The Balaban J connectivity index is 2.32. The van der Waals surface area contributed by atoms with E-state index in [0.717, 1.165) is 0 Å². The summed E-state index contributed by atoms with van der Waals surface area (Å²) in [6.45, 7) is 3.26. The summed E-state index contributed by atoms with van der Waals surface area (Å²) in [5, 5.41) is 18.5. The smallest absolute Gasteiger partial charge is 0.342 e. The molecule has 1 aromatic carbocycles. The van der Waals surface area contributed by atoms with Crippen LogP contribution in [0.1, 0.15) is 25.5 Å². The lowest BCUT2D eigenvalue weighted by Crippen LogP contribution is -2.20. The van der Waals surface area contributed by atoms with Crippen molar-refractivity contribution in [3.8, 4) is 11.5 Å². The predicted octanol–water partition coefficient (Wildman–Crippen LogP) is 1.45. The second kappa shape index (κ2) is 3.38. The Morgan fingerprint density at radius 3 is 2.44 bits per heavy atom. The number of rotatable bonds is 1. The van der Waals surface area contributed by atoms with Gasteiger partial charge in [0.15, 0.2) is 17.6 Å². The fraction of sp³-hybridized carbons (Fsp3) is 0.364. The van der Waals surface area contributed by atoms with Crippen molar-refractivity contribution in [3.63, 3.8) is 0 Å². The zero-order chi connectivity index (χ0) is 11.9. The molecule has 0 radical (unpaired) electrons. The molecule has 0 bridgehead atoms. The van der Waals surface area contributed by atoms with Gasteiger partial charge in [-0.25, -0.2) is 4.79 Å². The summed E-state index contributed by atoms with van der Waals surface area (Å²) in [7, 11) is 0. The highest BCUT2D eigenvalue weighted by Crippen LogP contribution is 2.36. The van der Waals surface area contributed by atoms with Gasteiger partial charge in [-0.05, 0) is 17.7 Å². The summed E-state index contributed by atoms with van der Waals surface area (Å²) in [6, 6.07) is 4.08. The van der Waals surface area contributed by atoms with E-state index in [2.05, 4.69) is 0 Å². The standard InChI is InChI=1S/C11H12O5/c1-11(2)15-9(10(14)16-11)6-3-4-7(12)8(13)5-6/h3-5,9,12-13H,1-2H3. The van der Waals surface area contributed by atoms with E-state index in [9.17, 15) is 9.90 Å². The number of phenolic OH excluding ortho intramolecular Hbond substituents is 2. The van der Waals surface area contributed by atoms with Gasteiger partial charge in [0.2, 0.25) is 5.79 Å². The SMILES string of the molecule is CC1(C)OC(=O)C(c2ccc(O)c(O)c2)O1. The molecule has 86 valence electrons. The van der Waals surface area contributed by atoms with E-state index in [-0.39, 0.29) is 11.5 Å². The van der Waals surface area contributed by atoms with E-state index in [4.69, 9.17) is 14.6 Å². The summed E-state index contributed by atoms with van der Waals surface area (Å²) in [6.07, 6.45) is -0.860. The fourth-order valence-corrected chi connectivity index (χ4v) is 1.56. The van der Waals surface area contributed by atoms with E-state index in [1.807, 2.05) is 0 Å². The molecule has 1 fully saturated rings. The molecular weight excluding hydrogens is 212 g/mol. The molecule has 2 N–H and O–H groups in total. The van der Waals surface area contributed by atoms with E-state index in [1.165, 1.54) is 18.2 Å². The minimum Gasteiger partial charge on any atom is -0.504 e. The third-order valence-electron chi connectivity index (χ3n) is 2.26. The van der Waals surface area contributed by atoms with Crippen molar-refractivity contribution in [3.05, 3.63) is 23.8 Å². The molecule has 1 aliphatic heterocycles. The number of hydrogen-bond donors (Lipinski definition) is 2. The first kappa shape index (κ1) is 10.8. The molecule has 0 aromatic heterocycles. The minimum absolute atomic E-state index is 0.241. The molecule has 1 aliphatic rings. The van der Waals surface area contributed by atoms with Gasteiger partial charge in [-0.3, -0.25) is 0 Å². The molecule has 1 saturated heterocycles. The second-order valence-electron chi connectivity index (χ2n) is 4.07. The fourth-order valence-electron chi connectivity index (χ4n) is 1.56. The molecule has 0 spiro atoms. The van der Waals surface area contributed by atoms with Crippen molar-refractivity contribution < 1.29 is 24.5 Å². The molecule has 0 amide bonds. The third-order valence-corrected chi connectivity index (χ3v) is 2.26. The van der Waals surface area contributed by atoms with Gasteiger partial charge in [-0.2, -0.15) is 0 Å². The molecule has 5 heteroatoms. The molecule has 1 heterocycles. The summed E-state index contributed by atoms with van der Waals surface area (Å²) < 4.78 is 10.4. The maximum atomic E-state index is 11.5. The highest BCUT2D eigenvalue weighted by atomic mass is 16.8. The number of carbonyl (C=O) groups excluding carboxylic acids is 1. The van der Waals surface area contributed by atoms with Crippen LogP contribution in [0.25, 0.3) is 0 Å². The van der Waals surface area contributed by atoms with Crippen LogP contribution in [-0.4, -0.2) is 22.0 Å². The van der Waals surface area contributed by atoms with Crippen molar-refractivity contribution in [2.75, 3.05) is 0 Å². The number of carbonyl (C=O) groups is 1. The summed E-state index contributed by atoms with van der Waals surface area (Å²) in [5.74, 6) is -2.00. The normalized spacial score (nSPS) is 23.1. The molecule has 0 aliphatic carbocycles. The van der Waals surface area contributed by atoms with Crippen LogP contribution in [0.5, 0.6) is 11.5 Å². The van der Waals surface area contributed by atoms with Gasteiger partial charge in [0, 0.05) is 13.8 Å². The van der Waals surface area contributed by atoms with Crippen LogP contribution < -0.4 is 0 Å². The Bertz CT molecular complexity index is 438. The first-order valence-electron chi connectivity index (χ1n) is 4.81. The van der Waals surface area contributed by atoms with Crippen LogP contribution in [0.3, 0.4) is 0 Å². The van der Waals surface area contributed by atoms with Gasteiger partial charge in [0.25, 0.3) is 0 Å². The molecule has 1 unspecified atom stereocenters. The number of benzene rings is 1. The number of esters is 1. The first-order valence-corrected chi connectivity index (χ1v) is 4.81. The average molecular weight is 224 g/mol. The monoisotopic (exact) mass is 224 g/mol. The molecule has 16 heavy (non-hydrogen) atoms. The maximum Gasteiger partial charge on any atom is 0.342 e. The summed E-state index contributed by atoms with van der Waals surface area (Å²) in [4.78, 5) is 11.5. The molecule has 0 saturated carbocycles. The Labute approximate surface area is 92.2 Å². The lowest BCUT2D eigenvalue weighted by molar-refractivity contribution is -0.160. The average Bonchev–Trinajstić information content (AvgIpc) is 2.45. The van der Waals surface area contributed by atoms with Gasteiger partial charge in [-0.15, -0.1) is 0 Å². The van der Waals surface area contributed by atoms with E-state index >= 15 is 0 Å². The number of ether oxygens (including phenoxy) is 2. The van der Waals surface area contributed by atoms with Gasteiger partial charge in [-0.1, -0.05) is 6.07 Å². The van der Waals surface area contributed by atoms with E-state index in [1.54, 1.807) is 13.8 Å². The minimum atomic E-state index is -0.963. The Morgan fingerprint density at radius 2 is 1.94 bits per heavy atom. The highest BCUT2D eigenvalue weighted by molar-refractivity contribution is 5.78. The van der Waals surface area contributed by atoms with Crippen molar-refractivity contribution in [1.82, 2.24) is 0 Å². The van der Waals surface area contributed by atoms with Gasteiger partial charge in [0.05, 0.1) is 0 Å². The quantitative estimate of drug-likeness (QED) is 0.557. The Kier molecular flexibility index (Phi) is 2.27. The molecule has 1 aromatic rings. The first-order chi connectivity index (χ1) is 7.39. The highest BCUT2D eigenvalue weighted by Gasteiger charge is 2.42.